The Kier molecular flexibility index (Phi) is 5.82. The fraction of sp³-hybridized carbons (Fsp3) is 0.625. The first-order chi connectivity index (χ1) is 8.69. The summed E-state index contributed by atoms with van der Waals surface area (Å²) in [6.07, 6.45) is 1.43. The number of aliphatic hydroxyl groups is 1. The van der Waals surface area contributed by atoms with Crippen LogP contribution in [0.1, 0.15) is 46.1 Å². The molecule has 1 rings (SSSR count). The number of rotatable bonds is 5. The van der Waals surface area contributed by atoms with Crippen molar-refractivity contribution in [1.29, 1.82) is 0 Å². The van der Waals surface area contributed by atoms with Gasteiger partial charge in [-0.05, 0) is 36.3 Å². The maximum atomic E-state index is 13.6. The zero-order chi connectivity index (χ0) is 14.6. The molecule has 0 saturated carbocycles. The van der Waals surface area contributed by atoms with Crippen LogP contribution in [0.2, 0.25) is 5.02 Å². The molecule has 0 saturated heterocycles. The van der Waals surface area contributed by atoms with E-state index in [1.54, 1.807) is 12.1 Å². The van der Waals surface area contributed by atoms with Crippen molar-refractivity contribution >= 4 is 11.6 Å². The second-order valence-corrected chi connectivity index (χ2v) is 7.07. The Morgan fingerprint density at radius 3 is 2.47 bits per heavy atom. The van der Waals surface area contributed by atoms with Crippen LogP contribution in [-0.2, 0) is 6.42 Å². The van der Waals surface area contributed by atoms with Crippen LogP contribution >= 0.6 is 11.6 Å². The highest BCUT2D eigenvalue weighted by molar-refractivity contribution is 6.31. The standard InChI is InChI=1S/C16H24ClFO/c1-11(10-16(2,3)4)8-12(19)9-13-14(17)6-5-7-15(13)18/h5-7,11-12,19H,8-10H2,1-4H3. The van der Waals surface area contributed by atoms with E-state index in [0.717, 1.165) is 6.42 Å². The summed E-state index contributed by atoms with van der Waals surface area (Å²) in [6.45, 7) is 8.67. The van der Waals surface area contributed by atoms with Crippen LogP contribution in [0.25, 0.3) is 0 Å². The van der Waals surface area contributed by atoms with Gasteiger partial charge in [-0.2, -0.15) is 0 Å². The number of aliphatic hydroxyl groups excluding tert-OH is 1. The van der Waals surface area contributed by atoms with Gasteiger partial charge >= 0.3 is 0 Å². The van der Waals surface area contributed by atoms with Crippen LogP contribution in [0.4, 0.5) is 4.39 Å². The normalized spacial score (nSPS) is 15.3. The molecule has 1 nitrogen and oxygen atoms in total. The first kappa shape index (κ1) is 16.5. The average molecular weight is 287 g/mol. The molecule has 0 fully saturated rings. The minimum Gasteiger partial charge on any atom is -0.393 e. The van der Waals surface area contributed by atoms with E-state index in [9.17, 15) is 9.50 Å². The van der Waals surface area contributed by atoms with Gasteiger partial charge < -0.3 is 5.11 Å². The Morgan fingerprint density at radius 1 is 1.32 bits per heavy atom. The van der Waals surface area contributed by atoms with Crippen molar-refractivity contribution in [3.05, 3.63) is 34.6 Å². The number of hydrogen-bond donors (Lipinski definition) is 1. The van der Waals surface area contributed by atoms with Crippen LogP contribution in [0.5, 0.6) is 0 Å². The van der Waals surface area contributed by atoms with E-state index in [0.29, 0.717) is 22.9 Å². The largest absolute Gasteiger partial charge is 0.393 e. The van der Waals surface area contributed by atoms with Gasteiger partial charge in [0.05, 0.1) is 6.10 Å². The molecular formula is C16H24ClFO. The summed E-state index contributed by atoms with van der Waals surface area (Å²) in [6, 6.07) is 4.62. The molecular weight excluding hydrogens is 263 g/mol. The lowest BCUT2D eigenvalue weighted by Gasteiger charge is -2.25. The van der Waals surface area contributed by atoms with Crippen LogP contribution in [0, 0.1) is 17.2 Å². The maximum absolute atomic E-state index is 13.6. The van der Waals surface area contributed by atoms with E-state index in [1.807, 2.05) is 0 Å². The fourth-order valence-electron chi connectivity index (χ4n) is 2.64. The highest BCUT2D eigenvalue weighted by Gasteiger charge is 2.19. The van der Waals surface area contributed by atoms with Gasteiger partial charge in [0.2, 0.25) is 0 Å². The maximum Gasteiger partial charge on any atom is 0.127 e. The Balaban J connectivity index is 2.58. The molecule has 0 aliphatic rings. The number of hydrogen-bond acceptors (Lipinski definition) is 1. The van der Waals surface area contributed by atoms with E-state index in [2.05, 4.69) is 27.7 Å². The zero-order valence-electron chi connectivity index (χ0n) is 12.2. The summed E-state index contributed by atoms with van der Waals surface area (Å²) in [4.78, 5) is 0. The Bertz CT molecular complexity index is 391. The van der Waals surface area contributed by atoms with Gasteiger partial charge in [-0.25, -0.2) is 4.39 Å². The molecule has 0 aliphatic carbocycles. The van der Waals surface area contributed by atoms with Crippen LogP contribution in [-0.4, -0.2) is 11.2 Å². The predicted molar refractivity (Wildman–Crippen MR) is 79.0 cm³/mol. The highest BCUT2D eigenvalue weighted by atomic mass is 35.5. The number of halogens is 2. The molecule has 108 valence electrons. The van der Waals surface area contributed by atoms with Gasteiger partial charge in [0.15, 0.2) is 0 Å². The molecule has 2 unspecified atom stereocenters. The third-order valence-electron chi connectivity index (χ3n) is 3.14. The summed E-state index contributed by atoms with van der Waals surface area (Å²) < 4.78 is 13.6. The zero-order valence-corrected chi connectivity index (χ0v) is 13.0. The molecule has 0 bridgehead atoms. The van der Waals surface area contributed by atoms with E-state index in [-0.39, 0.29) is 17.7 Å². The van der Waals surface area contributed by atoms with Crippen molar-refractivity contribution < 1.29 is 9.50 Å². The summed E-state index contributed by atoms with van der Waals surface area (Å²) in [5.41, 5.74) is 0.661. The SMILES string of the molecule is CC(CC(O)Cc1c(F)cccc1Cl)CC(C)(C)C. The van der Waals surface area contributed by atoms with Gasteiger partial charge in [-0.1, -0.05) is 45.4 Å². The van der Waals surface area contributed by atoms with E-state index in [1.165, 1.54) is 6.07 Å². The molecule has 1 N–H and O–H groups in total. The van der Waals surface area contributed by atoms with Crippen molar-refractivity contribution in [1.82, 2.24) is 0 Å². The van der Waals surface area contributed by atoms with E-state index in [4.69, 9.17) is 11.6 Å². The number of benzene rings is 1. The van der Waals surface area contributed by atoms with Crippen LogP contribution in [0.15, 0.2) is 18.2 Å². The lowest BCUT2D eigenvalue weighted by molar-refractivity contribution is 0.132. The monoisotopic (exact) mass is 286 g/mol. The van der Waals surface area contributed by atoms with Gasteiger partial charge in [0.25, 0.3) is 0 Å². The third kappa shape index (κ3) is 5.92. The first-order valence-electron chi connectivity index (χ1n) is 6.80. The molecule has 0 amide bonds. The molecule has 1 aromatic rings. The summed E-state index contributed by atoms with van der Waals surface area (Å²) in [7, 11) is 0. The average Bonchev–Trinajstić information content (AvgIpc) is 2.20. The molecule has 2 atom stereocenters. The summed E-state index contributed by atoms with van der Waals surface area (Å²) in [5, 5.41) is 10.5. The van der Waals surface area contributed by atoms with Crippen molar-refractivity contribution in [3.8, 4) is 0 Å². The Labute approximate surface area is 120 Å². The topological polar surface area (TPSA) is 20.2 Å². The van der Waals surface area contributed by atoms with E-state index < -0.39 is 6.10 Å². The van der Waals surface area contributed by atoms with E-state index >= 15 is 0 Å². The predicted octanol–water partition coefficient (Wildman–Crippen LogP) is 4.84. The van der Waals surface area contributed by atoms with Crippen molar-refractivity contribution in [3.63, 3.8) is 0 Å². The summed E-state index contributed by atoms with van der Waals surface area (Å²) in [5.74, 6) is 0.0653. The third-order valence-corrected chi connectivity index (χ3v) is 3.49. The minimum atomic E-state index is -0.549. The van der Waals surface area contributed by atoms with Crippen LogP contribution in [0.3, 0.4) is 0 Å². The molecule has 1 aromatic carbocycles. The van der Waals surface area contributed by atoms with Gasteiger partial charge in [-0.15, -0.1) is 0 Å². The summed E-state index contributed by atoms with van der Waals surface area (Å²) >= 11 is 5.97. The molecule has 0 aliphatic heterocycles. The van der Waals surface area contributed by atoms with Gasteiger partial charge in [0.1, 0.15) is 5.82 Å². The van der Waals surface area contributed by atoms with Gasteiger partial charge in [-0.3, -0.25) is 0 Å². The van der Waals surface area contributed by atoms with Crippen molar-refractivity contribution in [2.24, 2.45) is 11.3 Å². The molecule has 0 heterocycles. The lowest BCUT2D eigenvalue weighted by Crippen LogP contribution is -2.19. The fourth-order valence-corrected chi connectivity index (χ4v) is 2.88. The molecule has 0 radical (unpaired) electrons. The molecule has 0 spiro atoms. The second-order valence-electron chi connectivity index (χ2n) is 6.66. The molecule has 0 aromatic heterocycles. The van der Waals surface area contributed by atoms with Crippen LogP contribution < -0.4 is 0 Å². The second kappa shape index (κ2) is 6.71. The molecule has 19 heavy (non-hydrogen) atoms. The minimum absolute atomic E-state index is 0.245. The molecule has 3 heteroatoms. The Hall–Kier alpha value is -0.600. The first-order valence-corrected chi connectivity index (χ1v) is 7.18. The highest BCUT2D eigenvalue weighted by Crippen LogP contribution is 2.28. The van der Waals surface area contributed by atoms with Crippen molar-refractivity contribution in [2.75, 3.05) is 0 Å². The quantitative estimate of drug-likeness (QED) is 0.821. The Morgan fingerprint density at radius 2 is 1.95 bits per heavy atom. The smallest absolute Gasteiger partial charge is 0.127 e. The van der Waals surface area contributed by atoms with Gasteiger partial charge in [0, 0.05) is 17.0 Å². The van der Waals surface area contributed by atoms with Crippen molar-refractivity contribution in [2.45, 2.75) is 53.1 Å². The lowest BCUT2D eigenvalue weighted by atomic mass is 9.82.